The molecule has 1 rings (SSSR count). The van der Waals surface area contributed by atoms with E-state index in [1.54, 1.807) is 6.08 Å². The molecule has 0 bridgehead atoms. The van der Waals surface area contributed by atoms with E-state index in [2.05, 4.69) is 17.0 Å². The fraction of sp³-hybridized carbons (Fsp3) is 0.412. The predicted molar refractivity (Wildman–Crippen MR) is 84.0 cm³/mol. The van der Waals surface area contributed by atoms with Crippen LogP contribution in [0.15, 0.2) is 42.1 Å². The molecule has 22 heavy (non-hydrogen) atoms. The van der Waals surface area contributed by atoms with Gasteiger partial charge in [-0.1, -0.05) is 56.2 Å². The Bertz CT molecular complexity index is 497. The first-order valence-electron chi connectivity index (χ1n) is 7.43. The van der Waals surface area contributed by atoms with Gasteiger partial charge in [0.15, 0.2) is 0 Å². The minimum Gasteiger partial charge on any atom is -0.464 e. The van der Waals surface area contributed by atoms with E-state index in [0.29, 0.717) is 6.42 Å². The van der Waals surface area contributed by atoms with Crippen molar-refractivity contribution in [2.24, 2.45) is 0 Å². The molecule has 0 fully saturated rings. The zero-order chi connectivity index (χ0) is 16.2. The molecular formula is C17H23NO4. The minimum atomic E-state index is -0.670. The average molecular weight is 305 g/mol. The second-order valence-electron chi connectivity index (χ2n) is 4.79. The monoisotopic (exact) mass is 305 g/mol. The van der Waals surface area contributed by atoms with Crippen LogP contribution >= 0.6 is 0 Å². The van der Waals surface area contributed by atoms with Crippen molar-refractivity contribution in [1.29, 1.82) is 0 Å². The molecule has 0 spiro atoms. The van der Waals surface area contributed by atoms with E-state index in [1.165, 1.54) is 7.11 Å². The number of unbranched alkanes of at least 4 members (excludes halogenated alkanes) is 3. The molecule has 0 saturated heterocycles. The molecule has 0 aromatic heterocycles. The molecule has 120 valence electrons. The number of amides is 1. The Morgan fingerprint density at radius 2 is 1.91 bits per heavy atom. The van der Waals surface area contributed by atoms with Crippen LogP contribution < -0.4 is 5.32 Å². The van der Waals surface area contributed by atoms with Crippen molar-refractivity contribution in [1.82, 2.24) is 5.32 Å². The summed E-state index contributed by atoms with van der Waals surface area (Å²) in [6, 6.07) is 9.33. The SMILES string of the molecule is CCCCC/C=C(\NC(=O)OCc1ccccc1)C(=O)OC. The van der Waals surface area contributed by atoms with Gasteiger partial charge in [0.05, 0.1) is 7.11 Å². The molecule has 1 amide bonds. The van der Waals surface area contributed by atoms with Crippen molar-refractivity contribution in [2.75, 3.05) is 7.11 Å². The third kappa shape index (κ3) is 6.92. The number of benzene rings is 1. The summed E-state index contributed by atoms with van der Waals surface area (Å²) < 4.78 is 9.74. The number of ether oxygens (including phenoxy) is 2. The van der Waals surface area contributed by atoms with Crippen LogP contribution in [-0.2, 0) is 20.9 Å². The van der Waals surface area contributed by atoms with Crippen LogP contribution in [0.25, 0.3) is 0 Å². The lowest BCUT2D eigenvalue weighted by molar-refractivity contribution is -0.136. The van der Waals surface area contributed by atoms with E-state index < -0.39 is 12.1 Å². The Morgan fingerprint density at radius 3 is 2.55 bits per heavy atom. The van der Waals surface area contributed by atoms with Gasteiger partial charge < -0.3 is 9.47 Å². The summed E-state index contributed by atoms with van der Waals surface area (Å²) in [5, 5.41) is 2.44. The van der Waals surface area contributed by atoms with Gasteiger partial charge in [-0.05, 0) is 18.4 Å². The van der Waals surface area contributed by atoms with E-state index in [-0.39, 0.29) is 12.3 Å². The van der Waals surface area contributed by atoms with Crippen LogP contribution in [0.3, 0.4) is 0 Å². The second-order valence-corrected chi connectivity index (χ2v) is 4.79. The number of carbonyl (C=O) groups is 2. The number of hydrogen-bond donors (Lipinski definition) is 1. The number of esters is 1. The van der Waals surface area contributed by atoms with E-state index in [1.807, 2.05) is 30.3 Å². The quantitative estimate of drug-likeness (QED) is 0.453. The van der Waals surface area contributed by atoms with Crippen LogP contribution in [0.5, 0.6) is 0 Å². The summed E-state index contributed by atoms with van der Waals surface area (Å²) >= 11 is 0. The lowest BCUT2D eigenvalue weighted by atomic mass is 10.2. The highest BCUT2D eigenvalue weighted by molar-refractivity contribution is 5.92. The first-order valence-corrected chi connectivity index (χ1v) is 7.43. The second kappa shape index (κ2) is 10.4. The summed E-state index contributed by atoms with van der Waals surface area (Å²) in [4.78, 5) is 23.4. The fourth-order valence-corrected chi connectivity index (χ4v) is 1.81. The molecule has 0 aliphatic heterocycles. The lowest BCUT2D eigenvalue weighted by Crippen LogP contribution is -2.28. The van der Waals surface area contributed by atoms with Crippen molar-refractivity contribution in [2.45, 2.75) is 39.2 Å². The van der Waals surface area contributed by atoms with Gasteiger partial charge in [-0.3, -0.25) is 5.32 Å². The molecule has 1 aromatic rings. The van der Waals surface area contributed by atoms with Crippen molar-refractivity contribution >= 4 is 12.1 Å². The molecule has 0 saturated carbocycles. The number of allylic oxidation sites excluding steroid dienone is 1. The Morgan fingerprint density at radius 1 is 1.18 bits per heavy atom. The van der Waals surface area contributed by atoms with Gasteiger partial charge in [-0.25, -0.2) is 9.59 Å². The molecule has 0 atom stereocenters. The molecule has 0 unspecified atom stereocenters. The van der Waals surface area contributed by atoms with E-state index in [4.69, 9.17) is 4.74 Å². The van der Waals surface area contributed by atoms with E-state index in [9.17, 15) is 9.59 Å². The first kappa shape index (κ1) is 17.8. The predicted octanol–water partition coefficient (Wildman–Crippen LogP) is 3.55. The maximum Gasteiger partial charge on any atom is 0.412 e. The van der Waals surface area contributed by atoms with E-state index in [0.717, 1.165) is 24.8 Å². The molecule has 0 radical (unpaired) electrons. The minimum absolute atomic E-state index is 0.122. The topological polar surface area (TPSA) is 64.6 Å². The number of carbonyl (C=O) groups excluding carboxylic acids is 2. The van der Waals surface area contributed by atoms with Gasteiger partial charge in [0.1, 0.15) is 12.3 Å². The molecule has 1 N–H and O–H groups in total. The number of alkyl carbamates (subject to hydrolysis) is 1. The van der Waals surface area contributed by atoms with Crippen LogP contribution in [0, 0.1) is 0 Å². The van der Waals surface area contributed by atoms with Gasteiger partial charge in [-0.2, -0.15) is 0 Å². The molecular weight excluding hydrogens is 282 g/mol. The Hall–Kier alpha value is -2.30. The molecule has 5 heteroatoms. The number of rotatable bonds is 8. The molecule has 0 aliphatic rings. The standard InChI is InChI=1S/C17H23NO4/c1-3-4-5-9-12-15(16(19)21-2)18-17(20)22-13-14-10-7-6-8-11-14/h6-8,10-12H,3-5,9,13H2,1-2H3,(H,18,20)/b15-12-. The van der Waals surface area contributed by atoms with Crippen molar-refractivity contribution in [3.63, 3.8) is 0 Å². The number of methoxy groups -OCH3 is 1. The van der Waals surface area contributed by atoms with E-state index >= 15 is 0 Å². The van der Waals surface area contributed by atoms with Gasteiger partial charge >= 0.3 is 12.1 Å². The maximum atomic E-state index is 11.8. The smallest absolute Gasteiger partial charge is 0.412 e. The molecule has 0 aliphatic carbocycles. The Balaban J connectivity index is 2.49. The summed E-state index contributed by atoms with van der Waals surface area (Å²) in [6.07, 6.45) is 4.83. The summed E-state index contributed by atoms with van der Waals surface area (Å²) in [5.74, 6) is -0.576. The molecule has 0 heterocycles. The summed E-state index contributed by atoms with van der Waals surface area (Å²) in [7, 11) is 1.28. The molecule has 1 aromatic carbocycles. The highest BCUT2D eigenvalue weighted by atomic mass is 16.6. The van der Waals surface area contributed by atoms with Crippen molar-refractivity contribution < 1.29 is 19.1 Å². The third-order valence-corrected chi connectivity index (χ3v) is 3.01. The zero-order valence-corrected chi connectivity index (χ0v) is 13.1. The highest BCUT2D eigenvalue weighted by Gasteiger charge is 2.13. The van der Waals surface area contributed by atoms with Crippen molar-refractivity contribution in [3.8, 4) is 0 Å². The molecule has 5 nitrogen and oxygen atoms in total. The largest absolute Gasteiger partial charge is 0.464 e. The van der Waals surface area contributed by atoms with Gasteiger partial charge in [-0.15, -0.1) is 0 Å². The average Bonchev–Trinajstić information content (AvgIpc) is 2.56. The van der Waals surface area contributed by atoms with Crippen LogP contribution in [-0.4, -0.2) is 19.2 Å². The summed E-state index contributed by atoms with van der Waals surface area (Å²) in [5.41, 5.74) is 1.00. The van der Waals surface area contributed by atoms with Crippen LogP contribution in [0.4, 0.5) is 4.79 Å². The number of nitrogens with one attached hydrogen (secondary N) is 1. The van der Waals surface area contributed by atoms with Gasteiger partial charge in [0, 0.05) is 0 Å². The number of hydrogen-bond acceptors (Lipinski definition) is 4. The lowest BCUT2D eigenvalue weighted by Gasteiger charge is -2.09. The zero-order valence-electron chi connectivity index (χ0n) is 13.1. The normalized spacial score (nSPS) is 10.9. The first-order chi connectivity index (χ1) is 10.7. The maximum absolute atomic E-state index is 11.8. The van der Waals surface area contributed by atoms with Crippen LogP contribution in [0.1, 0.15) is 38.2 Å². The summed E-state index contributed by atoms with van der Waals surface area (Å²) in [6.45, 7) is 2.25. The van der Waals surface area contributed by atoms with Crippen molar-refractivity contribution in [3.05, 3.63) is 47.7 Å². The van der Waals surface area contributed by atoms with Gasteiger partial charge in [0.2, 0.25) is 0 Å². The fourth-order valence-electron chi connectivity index (χ4n) is 1.81. The van der Waals surface area contributed by atoms with Crippen LogP contribution in [0.2, 0.25) is 0 Å². The Kier molecular flexibility index (Phi) is 8.42. The van der Waals surface area contributed by atoms with Gasteiger partial charge in [0.25, 0.3) is 0 Å². The Labute approximate surface area is 131 Å². The highest BCUT2D eigenvalue weighted by Crippen LogP contribution is 2.05. The third-order valence-electron chi connectivity index (χ3n) is 3.01.